The van der Waals surface area contributed by atoms with E-state index in [2.05, 4.69) is 43.3 Å². The van der Waals surface area contributed by atoms with E-state index in [1.54, 1.807) is 11.3 Å². The van der Waals surface area contributed by atoms with Crippen LogP contribution in [-0.4, -0.2) is 29.0 Å². The van der Waals surface area contributed by atoms with Crippen molar-refractivity contribution >= 4 is 11.3 Å². The summed E-state index contributed by atoms with van der Waals surface area (Å²) in [5, 5.41) is 6.74. The average Bonchev–Trinajstić information content (AvgIpc) is 2.83. The van der Waals surface area contributed by atoms with Crippen LogP contribution in [-0.2, 0) is 13.1 Å². The van der Waals surface area contributed by atoms with E-state index in [0.717, 1.165) is 19.6 Å². The molecule has 0 aliphatic carbocycles. The Hall–Kier alpha value is -0.450. The number of unbranched alkanes of at least 4 members (excludes halogenated alkanes) is 2. The molecule has 0 spiro atoms. The lowest BCUT2D eigenvalue weighted by atomic mass is 10.2. The summed E-state index contributed by atoms with van der Waals surface area (Å²) in [5.74, 6) is 0. The second-order valence-electron chi connectivity index (χ2n) is 5.28. The third-order valence-electron chi connectivity index (χ3n) is 3.27. The fraction of sp³-hybridized carbons (Fsp3) is 0.800. The Morgan fingerprint density at radius 3 is 2.74 bits per heavy atom. The predicted octanol–water partition coefficient (Wildman–Crippen LogP) is 3.65. The van der Waals surface area contributed by atoms with E-state index in [0.29, 0.717) is 6.04 Å². The number of hydrogen-bond donors (Lipinski definition) is 1. The van der Waals surface area contributed by atoms with Gasteiger partial charge in [-0.2, -0.15) is 0 Å². The Labute approximate surface area is 122 Å². The van der Waals surface area contributed by atoms with E-state index in [1.807, 2.05) is 0 Å². The standard InChI is InChI=1S/C15H29N3S/c1-5-7-8-9-18(13(3)4)11-14-12-19-15(17-14)10-16-6-2/h12-13,16H,5-11H2,1-4H3. The number of hydrogen-bond acceptors (Lipinski definition) is 4. The summed E-state index contributed by atoms with van der Waals surface area (Å²) in [6.07, 6.45) is 3.91. The molecule has 0 saturated carbocycles. The van der Waals surface area contributed by atoms with Gasteiger partial charge in [0, 0.05) is 24.5 Å². The van der Waals surface area contributed by atoms with E-state index in [1.165, 1.54) is 36.5 Å². The third-order valence-corrected chi connectivity index (χ3v) is 4.17. The molecular formula is C15H29N3S. The molecule has 0 radical (unpaired) electrons. The molecule has 0 bridgehead atoms. The van der Waals surface area contributed by atoms with Crippen LogP contribution in [0.2, 0.25) is 0 Å². The van der Waals surface area contributed by atoms with Crippen LogP contribution in [0.25, 0.3) is 0 Å². The van der Waals surface area contributed by atoms with E-state index in [-0.39, 0.29) is 0 Å². The van der Waals surface area contributed by atoms with E-state index >= 15 is 0 Å². The molecule has 3 nitrogen and oxygen atoms in total. The first kappa shape index (κ1) is 16.6. The van der Waals surface area contributed by atoms with Crippen molar-refractivity contribution in [1.82, 2.24) is 15.2 Å². The van der Waals surface area contributed by atoms with Crippen molar-refractivity contribution in [2.24, 2.45) is 0 Å². The van der Waals surface area contributed by atoms with Crippen LogP contribution in [0.3, 0.4) is 0 Å². The summed E-state index contributed by atoms with van der Waals surface area (Å²) < 4.78 is 0. The van der Waals surface area contributed by atoms with Crippen molar-refractivity contribution in [2.45, 2.75) is 66.1 Å². The zero-order valence-electron chi connectivity index (χ0n) is 12.9. The average molecular weight is 283 g/mol. The van der Waals surface area contributed by atoms with Crippen molar-refractivity contribution in [3.05, 3.63) is 16.1 Å². The van der Waals surface area contributed by atoms with Crippen molar-refractivity contribution < 1.29 is 0 Å². The van der Waals surface area contributed by atoms with Gasteiger partial charge in [0.2, 0.25) is 0 Å². The second-order valence-corrected chi connectivity index (χ2v) is 6.23. The van der Waals surface area contributed by atoms with Gasteiger partial charge in [0.15, 0.2) is 0 Å². The fourth-order valence-corrected chi connectivity index (χ4v) is 2.78. The number of thiazole rings is 1. The summed E-state index contributed by atoms with van der Waals surface area (Å²) in [4.78, 5) is 7.24. The van der Waals surface area contributed by atoms with Crippen molar-refractivity contribution in [2.75, 3.05) is 13.1 Å². The summed E-state index contributed by atoms with van der Waals surface area (Å²) in [6, 6.07) is 0.593. The second kappa shape index (κ2) is 9.45. The minimum Gasteiger partial charge on any atom is -0.311 e. The highest BCUT2D eigenvalue weighted by molar-refractivity contribution is 7.09. The Bertz CT molecular complexity index is 336. The molecule has 1 rings (SSSR count). The molecule has 0 fully saturated rings. The molecule has 0 saturated heterocycles. The number of nitrogens with zero attached hydrogens (tertiary/aromatic N) is 2. The van der Waals surface area contributed by atoms with Gasteiger partial charge in [-0.25, -0.2) is 4.98 Å². The van der Waals surface area contributed by atoms with Crippen molar-refractivity contribution in [3.63, 3.8) is 0 Å². The van der Waals surface area contributed by atoms with Crippen LogP contribution >= 0.6 is 11.3 Å². The molecule has 4 heteroatoms. The molecule has 1 aromatic heterocycles. The monoisotopic (exact) mass is 283 g/mol. The normalized spacial score (nSPS) is 11.7. The van der Waals surface area contributed by atoms with Gasteiger partial charge in [0.1, 0.15) is 5.01 Å². The highest BCUT2D eigenvalue weighted by Crippen LogP contribution is 2.14. The lowest BCUT2D eigenvalue weighted by Crippen LogP contribution is -2.31. The minimum absolute atomic E-state index is 0.593. The van der Waals surface area contributed by atoms with Crippen LogP contribution in [0.1, 0.15) is 57.7 Å². The molecule has 0 aromatic carbocycles. The van der Waals surface area contributed by atoms with E-state index < -0.39 is 0 Å². The maximum Gasteiger partial charge on any atom is 0.107 e. The third kappa shape index (κ3) is 6.50. The van der Waals surface area contributed by atoms with Gasteiger partial charge in [0.05, 0.1) is 5.69 Å². The first-order valence-electron chi connectivity index (χ1n) is 7.55. The first-order valence-corrected chi connectivity index (χ1v) is 8.43. The minimum atomic E-state index is 0.593. The zero-order valence-corrected chi connectivity index (χ0v) is 13.7. The lowest BCUT2D eigenvalue weighted by molar-refractivity contribution is 0.206. The van der Waals surface area contributed by atoms with Gasteiger partial charge < -0.3 is 5.32 Å². The van der Waals surface area contributed by atoms with Crippen LogP contribution in [0.15, 0.2) is 5.38 Å². The molecular weight excluding hydrogens is 254 g/mol. The molecule has 0 aliphatic rings. The molecule has 1 aromatic rings. The molecule has 110 valence electrons. The number of rotatable bonds is 10. The summed E-state index contributed by atoms with van der Waals surface area (Å²) in [7, 11) is 0. The zero-order chi connectivity index (χ0) is 14.1. The molecule has 1 N–H and O–H groups in total. The van der Waals surface area contributed by atoms with Gasteiger partial charge in [-0.05, 0) is 33.4 Å². The number of aromatic nitrogens is 1. The highest BCUT2D eigenvalue weighted by Gasteiger charge is 2.11. The molecule has 0 amide bonds. The topological polar surface area (TPSA) is 28.2 Å². The predicted molar refractivity (Wildman–Crippen MR) is 84.6 cm³/mol. The quantitative estimate of drug-likeness (QED) is 0.664. The van der Waals surface area contributed by atoms with Crippen LogP contribution < -0.4 is 5.32 Å². The highest BCUT2D eigenvalue weighted by atomic mass is 32.1. The SMILES string of the molecule is CCCCCN(Cc1csc(CNCC)n1)C(C)C. The summed E-state index contributed by atoms with van der Waals surface area (Å²) in [6.45, 7) is 13.0. The maximum atomic E-state index is 4.71. The van der Waals surface area contributed by atoms with Gasteiger partial charge in [0.25, 0.3) is 0 Å². The van der Waals surface area contributed by atoms with Crippen LogP contribution in [0, 0.1) is 0 Å². The summed E-state index contributed by atoms with van der Waals surface area (Å²) in [5.41, 5.74) is 1.23. The molecule has 0 unspecified atom stereocenters. The van der Waals surface area contributed by atoms with Gasteiger partial charge >= 0.3 is 0 Å². The van der Waals surface area contributed by atoms with Crippen molar-refractivity contribution in [3.8, 4) is 0 Å². The maximum absolute atomic E-state index is 4.71. The first-order chi connectivity index (χ1) is 9.17. The van der Waals surface area contributed by atoms with E-state index in [4.69, 9.17) is 4.98 Å². The summed E-state index contributed by atoms with van der Waals surface area (Å²) >= 11 is 1.77. The Balaban J connectivity index is 2.46. The smallest absolute Gasteiger partial charge is 0.107 e. The molecule has 1 heterocycles. The Morgan fingerprint density at radius 1 is 1.32 bits per heavy atom. The fourth-order valence-electron chi connectivity index (χ4n) is 2.03. The van der Waals surface area contributed by atoms with Crippen LogP contribution in [0.5, 0.6) is 0 Å². The Kier molecular flexibility index (Phi) is 8.26. The molecule has 0 aliphatic heterocycles. The van der Waals surface area contributed by atoms with Gasteiger partial charge in [-0.3, -0.25) is 4.90 Å². The van der Waals surface area contributed by atoms with Crippen LogP contribution in [0.4, 0.5) is 0 Å². The molecule has 19 heavy (non-hydrogen) atoms. The van der Waals surface area contributed by atoms with Crippen molar-refractivity contribution in [1.29, 1.82) is 0 Å². The lowest BCUT2D eigenvalue weighted by Gasteiger charge is -2.25. The largest absolute Gasteiger partial charge is 0.311 e. The van der Waals surface area contributed by atoms with E-state index in [9.17, 15) is 0 Å². The Morgan fingerprint density at radius 2 is 2.11 bits per heavy atom. The number of nitrogens with one attached hydrogen (secondary N) is 1. The van der Waals surface area contributed by atoms with Gasteiger partial charge in [-0.1, -0.05) is 26.7 Å². The molecule has 0 atom stereocenters. The van der Waals surface area contributed by atoms with Gasteiger partial charge in [-0.15, -0.1) is 11.3 Å².